The van der Waals surface area contributed by atoms with Crippen molar-refractivity contribution < 1.29 is 13.2 Å². The number of para-hydroxylation sites is 1. The van der Waals surface area contributed by atoms with E-state index in [9.17, 15) is 13.2 Å². The Morgan fingerprint density at radius 1 is 0.889 bits per heavy atom. The lowest BCUT2D eigenvalue weighted by Crippen LogP contribution is -2.49. The lowest BCUT2D eigenvalue weighted by atomic mass is 9.99. The van der Waals surface area contributed by atoms with Crippen molar-refractivity contribution in [2.75, 3.05) is 38.0 Å². The van der Waals surface area contributed by atoms with Crippen molar-refractivity contribution in [3.05, 3.63) is 89.5 Å². The summed E-state index contributed by atoms with van der Waals surface area (Å²) >= 11 is 0. The number of sulfonamides is 1. The molecule has 8 nitrogen and oxygen atoms in total. The highest BCUT2D eigenvalue weighted by Crippen LogP contribution is 2.29. The third kappa shape index (κ3) is 5.48. The molecule has 0 bridgehead atoms. The molecule has 2 aliphatic heterocycles. The fourth-order valence-electron chi connectivity index (χ4n) is 4.68. The zero-order chi connectivity index (χ0) is 25.1. The smallest absolute Gasteiger partial charge is 0.238 e. The molecule has 1 fully saturated rings. The van der Waals surface area contributed by atoms with E-state index < -0.39 is 10.0 Å². The summed E-state index contributed by atoms with van der Waals surface area (Å²) in [6.07, 6.45) is 1.23. The number of nitrogens with one attached hydrogen (secondary N) is 1. The fourth-order valence-corrected chi connectivity index (χ4v) is 5.19. The van der Waals surface area contributed by atoms with Gasteiger partial charge in [0.2, 0.25) is 15.9 Å². The van der Waals surface area contributed by atoms with Crippen molar-refractivity contribution in [1.29, 1.82) is 0 Å². The molecule has 2 heterocycles. The molecule has 0 atom stereocenters. The van der Waals surface area contributed by atoms with Crippen molar-refractivity contribution >= 4 is 33.1 Å². The number of amides is 1. The van der Waals surface area contributed by atoms with Crippen molar-refractivity contribution in [1.82, 2.24) is 9.80 Å². The van der Waals surface area contributed by atoms with Gasteiger partial charge in [-0.25, -0.2) is 18.5 Å². The van der Waals surface area contributed by atoms with Gasteiger partial charge in [-0.2, -0.15) is 0 Å². The molecule has 5 rings (SSSR count). The number of hydrogen-bond donors (Lipinski definition) is 2. The number of carbonyl (C=O) groups excluding carboxylic acids is 1. The molecule has 3 aromatic rings. The van der Waals surface area contributed by atoms with E-state index in [1.807, 2.05) is 6.07 Å². The Labute approximate surface area is 211 Å². The summed E-state index contributed by atoms with van der Waals surface area (Å²) in [6.45, 7) is 4.02. The predicted octanol–water partition coefficient (Wildman–Crippen LogP) is 2.96. The molecule has 186 valence electrons. The van der Waals surface area contributed by atoms with Gasteiger partial charge in [0.25, 0.3) is 0 Å². The van der Waals surface area contributed by atoms with Crippen LogP contribution in [0, 0.1) is 0 Å². The highest BCUT2D eigenvalue weighted by Gasteiger charge is 2.25. The SMILES string of the molecule is NS(=O)(=O)c1ccc(NC(=O)CCN2CCN(C3=Nc4ccccc4Cc4ccccc43)CC2)cc1. The van der Waals surface area contributed by atoms with E-state index in [4.69, 9.17) is 10.1 Å². The maximum atomic E-state index is 12.4. The molecule has 0 unspecified atom stereocenters. The molecule has 3 N–H and O–H groups in total. The topological polar surface area (TPSA) is 108 Å². The molecule has 0 saturated carbocycles. The van der Waals surface area contributed by atoms with Crippen LogP contribution in [0.15, 0.2) is 82.7 Å². The third-order valence-electron chi connectivity index (χ3n) is 6.65. The van der Waals surface area contributed by atoms with Crippen LogP contribution in [0.5, 0.6) is 0 Å². The van der Waals surface area contributed by atoms with Crippen LogP contribution in [0.25, 0.3) is 0 Å². The van der Waals surface area contributed by atoms with E-state index in [-0.39, 0.29) is 10.8 Å². The Kier molecular flexibility index (Phi) is 6.86. The number of carbonyl (C=O) groups is 1. The van der Waals surface area contributed by atoms with Gasteiger partial charge in [0.05, 0.1) is 10.6 Å². The molecule has 2 aliphatic rings. The summed E-state index contributed by atoms with van der Waals surface area (Å²) in [4.78, 5) is 22.2. The van der Waals surface area contributed by atoms with Crippen LogP contribution in [0.3, 0.4) is 0 Å². The predicted molar refractivity (Wildman–Crippen MR) is 141 cm³/mol. The van der Waals surface area contributed by atoms with Gasteiger partial charge in [-0.3, -0.25) is 9.69 Å². The van der Waals surface area contributed by atoms with Crippen LogP contribution in [-0.2, 0) is 21.2 Å². The Hall–Kier alpha value is -3.53. The van der Waals surface area contributed by atoms with Gasteiger partial charge >= 0.3 is 0 Å². The second kappa shape index (κ2) is 10.2. The van der Waals surface area contributed by atoms with E-state index in [1.165, 1.54) is 28.8 Å². The lowest BCUT2D eigenvalue weighted by molar-refractivity contribution is -0.116. The second-order valence-corrected chi connectivity index (χ2v) is 10.7. The normalized spacial score (nSPS) is 15.9. The Morgan fingerprint density at radius 2 is 1.56 bits per heavy atom. The number of anilines is 1. The quantitative estimate of drug-likeness (QED) is 0.557. The zero-order valence-corrected chi connectivity index (χ0v) is 20.7. The number of hydrogen-bond acceptors (Lipinski definition) is 6. The van der Waals surface area contributed by atoms with Gasteiger partial charge in [-0.05, 0) is 41.5 Å². The first-order valence-corrected chi connectivity index (χ1v) is 13.6. The van der Waals surface area contributed by atoms with E-state index in [0.717, 1.165) is 44.1 Å². The third-order valence-corrected chi connectivity index (χ3v) is 7.58. The standard InChI is InChI=1S/C27H29N5O3S/c28-36(34,35)23-11-9-22(10-12-23)29-26(33)13-14-31-15-17-32(18-16-31)27-24-7-3-1-5-20(24)19-21-6-2-4-8-25(21)30-27/h1-12H,13-19H2,(H,29,33)(H2,28,34,35). The van der Waals surface area contributed by atoms with Crippen LogP contribution < -0.4 is 10.5 Å². The number of primary sulfonamides is 1. The number of nitrogens with two attached hydrogens (primary N) is 1. The Balaban J connectivity index is 1.18. The molecule has 0 aliphatic carbocycles. The molecule has 9 heteroatoms. The second-order valence-electron chi connectivity index (χ2n) is 9.09. The maximum Gasteiger partial charge on any atom is 0.238 e. The van der Waals surface area contributed by atoms with Crippen molar-refractivity contribution in [3.8, 4) is 0 Å². The summed E-state index contributed by atoms with van der Waals surface area (Å²) in [6, 6.07) is 22.7. The summed E-state index contributed by atoms with van der Waals surface area (Å²) in [5.74, 6) is 0.912. The van der Waals surface area contributed by atoms with E-state index in [2.05, 4.69) is 57.6 Å². The monoisotopic (exact) mass is 503 g/mol. The highest BCUT2D eigenvalue weighted by atomic mass is 32.2. The van der Waals surface area contributed by atoms with Gasteiger partial charge in [0, 0.05) is 56.8 Å². The molecule has 0 aromatic heterocycles. The minimum Gasteiger partial charge on any atom is -0.354 e. The summed E-state index contributed by atoms with van der Waals surface area (Å²) in [5, 5.41) is 7.93. The van der Waals surface area contributed by atoms with Crippen LogP contribution in [-0.4, -0.2) is 62.7 Å². The summed E-state index contributed by atoms with van der Waals surface area (Å²) in [5.41, 5.74) is 5.29. The molecule has 36 heavy (non-hydrogen) atoms. The van der Waals surface area contributed by atoms with E-state index in [1.54, 1.807) is 12.1 Å². The molecule has 1 amide bonds. The molecule has 0 spiro atoms. The number of amidine groups is 1. The number of aliphatic imine (C=N–C) groups is 1. The Bertz CT molecular complexity index is 1390. The number of rotatable bonds is 5. The summed E-state index contributed by atoms with van der Waals surface area (Å²) < 4.78 is 22.7. The van der Waals surface area contributed by atoms with Crippen LogP contribution in [0.4, 0.5) is 11.4 Å². The zero-order valence-electron chi connectivity index (χ0n) is 19.9. The van der Waals surface area contributed by atoms with Crippen molar-refractivity contribution in [2.24, 2.45) is 10.1 Å². The highest BCUT2D eigenvalue weighted by molar-refractivity contribution is 7.89. The number of benzene rings is 3. The maximum absolute atomic E-state index is 12.4. The van der Waals surface area contributed by atoms with Crippen molar-refractivity contribution in [3.63, 3.8) is 0 Å². The number of fused-ring (bicyclic) bond motifs is 2. The van der Waals surface area contributed by atoms with Gasteiger partial charge in [-0.15, -0.1) is 0 Å². The largest absolute Gasteiger partial charge is 0.354 e. The minimum absolute atomic E-state index is 0.0164. The molecule has 0 radical (unpaired) electrons. The summed E-state index contributed by atoms with van der Waals surface area (Å²) in [7, 11) is -3.75. The fraction of sp³-hybridized carbons (Fsp3) is 0.259. The number of piperazine rings is 1. The number of nitrogens with zero attached hydrogens (tertiary/aromatic N) is 3. The lowest BCUT2D eigenvalue weighted by Gasteiger charge is -2.36. The van der Waals surface area contributed by atoms with E-state index >= 15 is 0 Å². The Morgan fingerprint density at radius 3 is 2.28 bits per heavy atom. The van der Waals surface area contributed by atoms with Gasteiger partial charge in [0.15, 0.2) is 0 Å². The van der Waals surface area contributed by atoms with Gasteiger partial charge < -0.3 is 10.2 Å². The molecular formula is C27H29N5O3S. The minimum atomic E-state index is -3.75. The van der Waals surface area contributed by atoms with Crippen LogP contribution >= 0.6 is 0 Å². The van der Waals surface area contributed by atoms with Gasteiger partial charge in [0.1, 0.15) is 5.84 Å². The molecular weight excluding hydrogens is 474 g/mol. The average Bonchev–Trinajstić information content (AvgIpc) is 3.04. The van der Waals surface area contributed by atoms with Crippen LogP contribution in [0.1, 0.15) is 23.1 Å². The van der Waals surface area contributed by atoms with Crippen molar-refractivity contribution in [2.45, 2.75) is 17.7 Å². The van der Waals surface area contributed by atoms with E-state index in [0.29, 0.717) is 18.7 Å². The first-order valence-electron chi connectivity index (χ1n) is 12.0. The molecule has 3 aromatic carbocycles. The first kappa shape index (κ1) is 24.2. The first-order chi connectivity index (χ1) is 17.4. The van der Waals surface area contributed by atoms with Gasteiger partial charge in [-0.1, -0.05) is 42.5 Å². The molecule has 1 saturated heterocycles. The average molecular weight is 504 g/mol. The van der Waals surface area contributed by atoms with Crippen LogP contribution in [0.2, 0.25) is 0 Å².